The molecular weight excluding hydrogens is 431 g/mol. The van der Waals surface area contributed by atoms with Crippen molar-refractivity contribution < 1.29 is 30.7 Å². The normalized spacial score (nSPS) is 11.2. The van der Waals surface area contributed by atoms with Gasteiger partial charge in [-0.25, -0.2) is 0 Å². The molecule has 0 bridgehead atoms. The van der Waals surface area contributed by atoms with E-state index in [1.807, 2.05) is 0 Å². The van der Waals surface area contributed by atoms with E-state index in [1.54, 1.807) is 7.05 Å². The number of carbonyl (C=O) groups excluding carboxylic acids is 1. The fourth-order valence-corrected chi connectivity index (χ4v) is 3.06. The van der Waals surface area contributed by atoms with E-state index in [0.29, 0.717) is 13.0 Å². The van der Waals surface area contributed by atoms with Gasteiger partial charge in [0, 0.05) is 49.1 Å². The number of amides is 1. The molecule has 1 amide bonds. The molecule has 0 fully saturated rings. The van der Waals surface area contributed by atoms with Crippen LogP contribution in [0.2, 0.25) is 0 Å². The van der Waals surface area contributed by atoms with Gasteiger partial charge in [0.2, 0.25) is 5.91 Å². The van der Waals surface area contributed by atoms with Crippen LogP contribution in [0.15, 0.2) is 0 Å². The van der Waals surface area contributed by atoms with Crippen LogP contribution in [0.4, 0.5) is 0 Å². The number of hydrogen-bond acceptors (Lipinski definition) is 6. The van der Waals surface area contributed by atoms with Gasteiger partial charge in [0.15, 0.2) is 0 Å². The Balaban J connectivity index is -0.000000636. The minimum atomic E-state index is -3.98. The molecule has 0 aliphatic carbocycles. The van der Waals surface area contributed by atoms with E-state index in [1.165, 1.54) is 38.5 Å². The quantitative estimate of drug-likeness (QED) is 0.151. The van der Waals surface area contributed by atoms with Crippen molar-refractivity contribution in [3.05, 3.63) is 0 Å². The van der Waals surface area contributed by atoms with Crippen molar-refractivity contribution in [1.82, 2.24) is 10.6 Å². The van der Waals surface area contributed by atoms with E-state index < -0.39 is 26.0 Å². The summed E-state index contributed by atoms with van der Waals surface area (Å²) >= 11 is 0. The summed E-state index contributed by atoms with van der Waals surface area (Å²) in [6.45, 7) is 2.48. The molecule has 0 heterocycles. The third-order valence-corrected chi connectivity index (χ3v) is 5.24. The molecule has 1 radical (unpaired) electrons. The molecule has 29 heavy (non-hydrogen) atoms. The second kappa shape index (κ2) is 21.5. The molecule has 0 spiro atoms. The topological polar surface area (TPSA) is 150 Å². The van der Waals surface area contributed by atoms with Crippen LogP contribution in [0.25, 0.3) is 0 Å². The van der Waals surface area contributed by atoms with E-state index in [0.717, 1.165) is 19.3 Å². The predicted octanol–water partition coefficient (Wildman–Crippen LogP) is 1.62. The van der Waals surface area contributed by atoms with Crippen molar-refractivity contribution >= 4 is 55.7 Å². The second-order valence-corrected chi connectivity index (χ2v) is 9.75. The standard InChI is InChI=1S/C14H29NO4S.C3H9NO3S.Na/c1-2-3-4-5-6-7-8-9-10-11-14(16)15-12-13-20(17,18)19;1-4-2-3-8(5,6)7;/h2-13H2,1H3,(H,15,16)(H,17,18,19);4H,2-3H2,1H3,(H,5,6,7);. The Hall–Kier alpha value is 0.250. The molecule has 0 aromatic rings. The molecule has 0 unspecified atom stereocenters. The van der Waals surface area contributed by atoms with E-state index in [-0.39, 0.29) is 47.8 Å². The maximum atomic E-state index is 11.3. The van der Waals surface area contributed by atoms with E-state index >= 15 is 0 Å². The zero-order valence-corrected chi connectivity index (χ0v) is 21.8. The maximum Gasteiger partial charge on any atom is 0.266 e. The molecule has 0 aromatic heterocycles. The van der Waals surface area contributed by atoms with Crippen LogP contribution in [0.5, 0.6) is 0 Å². The monoisotopic (exact) mass is 469 g/mol. The maximum absolute atomic E-state index is 11.3. The molecule has 0 atom stereocenters. The summed E-state index contributed by atoms with van der Waals surface area (Å²) < 4.78 is 57.3. The molecule has 171 valence electrons. The van der Waals surface area contributed by atoms with Crippen LogP contribution < -0.4 is 10.6 Å². The summed E-state index contributed by atoms with van der Waals surface area (Å²) in [5.41, 5.74) is 0. The molecule has 12 heteroatoms. The number of unbranched alkanes of at least 4 members (excludes halogenated alkanes) is 8. The zero-order valence-electron chi connectivity index (χ0n) is 18.2. The summed E-state index contributed by atoms with van der Waals surface area (Å²) in [7, 11) is -6.11. The van der Waals surface area contributed by atoms with Crippen molar-refractivity contribution in [1.29, 1.82) is 0 Å². The van der Waals surface area contributed by atoms with Crippen LogP contribution in [-0.4, -0.2) is 93.0 Å². The summed E-state index contributed by atoms with van der Waals surface area (Å²) in [5.74, 6) is -0.781. The van der Waals surface area contributed by atoms with Gasteiger partial charge in [-0.1, -0.05) is 58.3 Å². The third kappa shape index (κ3) is 36.0. The Kier molecular flexibility index (Phi) is 25.1. The van der Waals surface area contributed by atoms with Crippen LogP contribution in [-0.2, 0) is 25.0 Å². The minimum Gasteiger partial charge on any atom is -0.355 e. The number of rotatable bonds is 16. The Morgan fingerprint density at radius 3 is 1.55 bits per heavy atom. The van der Waals surface area contributed by atoms with Gasteiger partial charge in [0.05, 0.1) is 11.5 Å². The minimum absolute atomic E-state index is 0. The van der Waals surface area contributed by atoms with Crippen LogP contribution in [0, 0.1) is 0 Å². The first-order chi connectivity index (χ1) is 13.0. The van der Waals surface area contributed by atoms with E-state index in [2.05, 4.69) is 17.6 Å². The first-order valence-electron chi connectivity index (χ1n) is 9.83. The SMILES string of the molecule is CCCCCCCCCCCC(=O)NCCS(=O)(=O)O.CNCCS(=O)(=O)O.[Na]. The van der Waals surface area contributed by atoms with Gasteiger partial charge in [-0.15, -0.1) is 0 Å². The first-order valence-corrected chi connectivity index (χ1v) is 13.0. The summed E-state index contributed by atoms with van der Waals surface area (Å²) in [5, 5.41) is 5.07. The molecule has 0 saturated carbocycles. The molecule has 9 nitrogen and oxygen atoms in total. The number of nitrogens with one attached hydrogen (secondary N) is 2. The van der Waals surface area contributed by atoms with E-state index in [9.17, 15) is 21.6 Å². The Labute approximate surface area is 199 Å². The molecule has 0 aliphatic rings. The zero-order chi connectivity index (χ0) is 21.9. The van der Waals surface area contributed by atoms with Crippen molar-refractivity contribution in [3.63, 3.8) is 0 Å². The summed E-state index contributed by atoms with van der Waals surface area (Å²) in [6.07, 6.45) is 11.2. The van der Waals surface area contributed by atoms with Gasteiger partial charge in [0.1, 0.15) is 0 Å². The third-order valence-electron chi connectivity index (χ3n) is 3.80. The van der Waals surface area contributed by atoms with E-state index in [4.69, 9.17) is 9.11 Å². The summed E-state index contributed by atoms with van der Waals surface area (Å²) in [4.78, 5) is 11.3. The first kappa shape index (κ1) is 33.9. The fourth-order valence-electron chi connectivity index (χ4n) is 2.24. The van der Waals surface area contributed by atoms with Crippen LogP contribution in [0.3, 0.4) is 0 Å². The summed E-state index contributed by atoms with van der Waals surface area (Å²) in [6, 6.07) is 0. The molecule has 0 saturated heterocycles. The smallest absolute Gasteiger partial charge is 0.266 e. The Morgan fingerprint density at radius 2 is 1.17 bits per heavy atom. The van der Waals surface area contributed by atoms with Crippen LogP contribution in [0.1, 0.15) is 71.1 Å². The van der Waals surface area contributed by atoms with Gasteiger partial charge in [-0.3, -0.25) is 13.9 Å². The molecular formula is C17H38N2NaO7S2. The van der Waals surface area contributed by atoms with Gasteiger partial charge >= 0.3 is 0 Å². The second-order valence-electron chi connectivity index (χ2n) is 6.60. The average Bonchev–Trinajstić information content (AvgIpc) is 2.57. The van der Waals surface area contributed by atoms with Crippen LogP contribution >= 0.6 is 0 Å². The van der Waals surface area contributed by atoms with Gasteiger partial charge < -0.3 is 10.6 Å². The predicted molar refractivity (Wildman–Crippen MR) is 117 cm³/mol. The fraction of sp³-hybridized carbons (Fsp3) is 0.941. The Bertz CT molecular complexity index is 585. The molecule has 0 aromatic carbocycles. The average molecular weight is 470 g/mol. The van der Waals surface area contributed by atoms with Gasteiger partial charge in [0.25, 0.3) is 20.2 Å². The van der Waals surface area contributed by atoms with Gasteiger partial charge in [-0.05, 0) is 13.5 Å². The molecule has 4 N–H and O–H groups in total. The van der Waals surface area contributed by atoms with Gasteiger partial charge in [-0.2, -0.15) is 16.8 Å². The van der Waals surface area contributed by atoms with Crippen molar-refractivity contribution in [2.45, 2.75) is 71.1 Å². The Morgan fingerprint density at radius 1 is 0.759 bits per heavy atom. The molecule has 0 aliphatic heterocycles. The number of carbonyl (C=O) groups is 1. The van der Waals surface area contributed by atoms with Crippen molar-refractivity contribution in [3.8, 4) is 0 Å². The molecule has 0 rings (SSSR count). The van der Waals surface area contributed by atoms with Crippen molar-refractivity contribution in [2.75, 3.05) is 31.6 Å². The van der Waals surface area contributed by atoms with Crippen molar-refractivity contribution in [2.24, 2.45) is 0 Å². The number of hydrogen-bond donors (Lipinski definition) is 4. The largest absolute Gasteiger partial charge is 0.355 e.